The van der Waals surface area contributed by atoms with Gasteiger partial charge in [-0.3, -0.25) is 4.79 Å². The van der Waals surface area contributed by atoms with Gasteiger partial charge < -0.3 is 4.90 Å². The van der Waals surface area contributed by atoms with Crippen LogP contribution in [-0.2, 0) is 0 Å². The quantitative estimate of drug-likeness (QED) is 0.680. The van der Waals surface area contributed by atoms with Crippen molar-refractivity contribution in [1.29, 1.82) is 5.26 Å². The number of carbonyl (C=O) groups is 1. The number of hydrogen-bond acceptors (Lipinski definition) is 4. The predicted molar refractivity (Wildman–Crippen MR) is 43.6 cm³/mol. The minimum absolute atomic E-state index is 0.213. The molecule has 0 fully saturated rings. The molecule has 0 aliphatic rings. The Labute approximate surface area is 75.2 Å². The van der Waals surface area contributed by atoms with Crippen molar-refractivity contribution in [2.24, 2.45) is 0 Å². The van der Waals surface area contributed by atoms with Gasteiger partial charge in [0.2, 0.25) is 0 Å². The third-order valence-electron chi connectivity index (χ3n) is 1.72. The topological polar surface area (TPSA) is 85.7 Å². The van der Waals surface area contributed by atoms with Crippen LogP contribution in [0.4, 0.5) is 0 Å². The Hall–Kier alpha value is -1.90. The van der Waals surface area contributed by atoms with Gasteiger partial charge in [-0.15, -0.1) is 0 Å². The van der Waals surface area contributed by atoms with Crippen molar-refractivity contribution >= 4 is 5.91 Å². The molecule has 6 heteroatoms. The van der Waals surface area contributed by atoms with E-state index < -0.39 is 6.04 Å². The maximum absolute atomic E-state index is 11.5. The summed E-state index contributed by atoms with van der Waals surface area (Å²) in [6.45, 7) is 1.64. The third kappa shape index (κ3) is 1.82. The Kier molecular flexibility index (Phi) is 2.59. The summed E-state index contributed by atoms with van der Waals surface area (Å²) in [5, 5.41) is 18.0. The van der Waals surface area contributed by atoms with Crippen LogP contribution in [0.2, 0.25) is 0 Å². The first-order chi connectivity index (χ1) is 6.16. The molecule has 1 aromatic rings. The zero-order valence-corrected chi connectivity index (χ0v) is 7.35. The summed E-state index contributed by atoms with van der Waals surface area (Å²) in [4.78, 5) is 12.8. The van der Waals surface area contributed by atoms with Crippen molar-refractivity contribution in [3.8, 4) is 6.07 Å². The van der Waals surface area contributed by atoms with Crippen molar-refractivity contribution in [1.82, 2.24) is 20.3 Å². The molecule has 0 radical (unpaired) electrons. The van der Waals surface area contributed by atoms with E-state index in [-0.39, 0.29) is 11.6 Å². The third-order valence-corrected chi connectivity index (χ3v) is 1.72. The van der Waals surface area contributed by atoms with Gasteiger partial charge in [-0.05, 0) is 6.92 Å². The summed E-state index contributed by atoms with van der Waals surface area (Å²) in [6, 6.07) is 1.49. The lowest BCUT2D eigenvalue weighted by Gasteiger charge is -2.17. The van der Waals surface area contributed by atoms with E-state index in [1.165, 1.54) is 11.1 Å². The molecule has 1 unspecified atom stereocenters. The zero-order chi connectivity index (χ0) is 9.84. The first-order valence-corrected chi connectivity index (χ1v) is 3.69. The SMILES string of the molecule is CC(C#N)N(C)C(=O)c1cn[nH]n1. The summed E-state index contributed by atoms with van der Waals surface area (Å²) in [5.74, 6) is -0.317. The molecule has 1 rings (SSSR count). The second-order valence-electron chi connectivity index (χ2n) is 2.58. The lowest BCUT2D eigenvalue weighted by molar-refractivity contribution is 0.0767. The summed E-state index contributed by atoms with van der Waals surface area (Å²) < 4.78 is 0. The highest BCUT2D eigenvalue weighted by molar-refractivity contribution is 5.92. The van der Waals surface area contributed by atoms with Gasteiger partial charge in [0.05, 0.1) is 12.3 Å². The predicted octanol–water partition coefficient (Wildman–Crippen LogP) is -0.211. The fraction of sp³-hybridized carbons (Fsp3) is 0.429. The van der Waals surface area contributed by atoms with Gasteiger partial charge in [0.1, 0.15) is 6.04 Å². The van der Waals surface area contributed by atoms with Crippen molar-refractivity contribution in [3.63, 3.8) is 0 Å². The highest BCUT2D eigenvalue weighted by Gasteiger charge is 2.18. The number of rotatable bonds is 2. The van der Waals surface area contributed by atoms with E-state index in [1.54, 1.807) is 14.0 Å². The zero-order valence-electron chi connectivity index (χ0n) is 7.35. The van der Waals surface area contributed by atoms with Crippen molar-refractivity contribution in [3.05, 3.63) is 11.9 Å². The van der Waals surface area contributed by atoms with E-state index in [4.69, 9.17) is 5.26 Å². The number of nitrogens with one attached hydrogen (secondary N) is 1. The maximum Gasteiger partial charge on any atom is 0.276 e. The molecular formula is C7H9N5O. The van der Waals surface area contributed by atoms with Gasteiger partial charge in [-0.1, -0.05) is 0 Å². The monoisotopic (exact) mass is 179 g/mol. The van der Waals surface area contributed by atoms with Crippen LogP contribution in [0.15, 0.2) is 6.20 Å². The van der Waals surface area contributed by atoms with Crippen LogP contribution in [0, 0.1) is 11.3 Å². The average molecular weight is 179 g/mol. The highest BCUT2D eigenvalue weighted by atomic mass is 16.2. The van der Waals surface area contributed by atoms with Crippen molar-refractivity contribution in [2.45, 2.75) is 13.0 Å². The van der Waals surface area contributed by atoms with Crippen LogP contribution < -0.4 is 0 Å². The molecule has 1 amide bonds. The Morgan fingerprint density at radius 2 is 2.54 bits per heavy atom. The Balaban J connectivity index is 2.75. The summed E-state index contributed by atoms with van der Waals surface area (Å²) in [6.07, 6.45) is 1.32. The molecule has 1 N–H and O–H groups in total. The number of nitriles is 1. The Morgan fingerprint density at radius 3 is 3.00 bits per heavy atom. The van der Waals surface area contributed by atoms with Crippen LogP contribution in [0.5, 0.6) is 0 Å². The van der Waals surface area contributed by atoms with Crippen LogP contribution in [0.3, 0.4) is 0 Å². The number of hydrogen-bond donors (Lipinski definition) is 1. The van der Waals surface area contributed by atoms with Gasteiger partial charge in [-0.25, -0.2) is 0 Å². The minimum Gasteiger partial charge on any atom is -0.325 e. The molecule has 0 saturated heterocycles. The lowest BCUT2D eigenvalue weighted by atomic mass is 10.3. The van der Waals surface area contributed by atoms with Crippen LogP contribution in [-0.4, -0.2) is 39.3 Å². The smallest absolute Gasteiger partial charge is 0.276 e. The second kappa shape index (κ2) is 3.67. The van der Waals surface area contributed by atoms with E-state index in [0.717, 1.165) is 0 Å². The number of amides is 1. The first-order valence-electron chi connectivity index (χ1n) is 3.69. The van der Waals surface area contributed by atoms with E-state index in [0.29, 0.717) is 0 Å². The van der Waals surface area contributed by atoms with Crippen LogP contribution in [0.1, 0.15) is 17.4 Å². The highest BCUT2D eigenvalue weighted by Crippen LogP contribution is 2.00. The molecule has 13 heavy (non-hydrogen) atoms. The Bertz CT molecular complexity index is 325. The van der Waals surface area contributed by atoms with Gasteiger partial charge in [0.15, 0.2) is 5.69 Å². The standard InChI is InChI=1S/C7H9N5O/c1-5(3-8)12(2)7(13)6-4-9-11-10-6/h4-5H,1-2H3,(H,9,10,11). The molecule has 1 heterocycles. The van der Waals surface area contributed by atoms with Gasteiger partial charge in [0.25, 0.3) is 5.91 Å². The minimum atomic E-state index is -0.468. The van der Waals surface area contributed by atoms with Crippen molar-refractivity contribution in [2.75, 3.05) is 7.05 Å². The van der Waals surface area contributed by atoms with E-state index in [9.17, 15) is 4.79 Å². The Morgan fingerprint density at radius 1 is 1.85 bits per heavy atom. The number of carbonyl (C=O) groups excluding carboxylic acids is 1. The summed E-state index contributed by atoms with van der Waals surface area (Å²) in [5.41, 5.74) is 0.213. The normalized spacial score (nSPS) is 11.8. The second-order valence-corrected chi connectivity index (χ2v) is 2.58. The summed E-state index contributed by atoms with van der Waals surface area (Å²) in [7, 11) is 1.55. The molecule has 0 bridgehead atoms. The first kappa shape index (κ1) is 9.19. The number of aromatic nitrogens is 3. The van der Waals surface area contributed by atoms with Gasteiger partial charge in [-0.2, -0.15) is 20.7 Å². The fourth-order valence-corrected chi connectivity index (χ4v) is 0.748. The fourth-order valence-electron chi connectivity index (χ4n) is 0.748. The van der Waals surface area contributed by atoms with Gasteiger partial charge >= 0.3 is 0 Å². The molecule has 0 spiro atoms. The molecule has 0 aliphatic heterocycles. The molecule has 6 nitrogen and oxygen atoms in total. The number of nitrogens with zero attached hydrogens (tertiary/aromatic N) is 4. The molecular weight excluding hydrogens is 170 g/mol. The molecule has 68 valence electrons. The maximum atomic E-state index is 11.5. The molecule has 1 atom stereocenters. The lowest BCUT2D eigenvalue weighted by Crippen LogP contribution is -2.34. The average Bonchev–Trinajstić information content (AvgIpc) is 2.67. The van der Waals surface area contributed by atoms with Gasteiger partial charge in [0, 0.05) is 7.05 Å². The van der Waals surface area contributed by atoms with Crippen molar-refractivity contribution < 1.29 is 4.79 Å². The van der Waals surface area contributed by atoms with Crippen LogP contribution in [0.25, 0.3) is 0 Å². The molecule has 0 saturated carbocycles. The molecule has 0 aliphatic carbocycles. The largest absolute Gasteiger partial charge is 0.325 e. The van der Waals surface area contributed by atoms with Crippen LogP contribution >= 0.6 is 0 Å². The summed E-state index contributed by atoms with van der Waals surface area (Å²) >= 11 is 0. The van der Waals surface area contributed by atoms with E-state index >= 15 is 0 Å². The van der Waals surface area contributed by atoms with E-state index in [1.807, 2.05) is 6.07 Å². The number of aromatic amines is 1. The number of H-pyrrole nitrogens is 1. The van der Waals surface area contributed by atoms with E-state index in [2.05, 4.69) is 15.4 Å². The molecule has 0 aromatic carbocycles. The molecule has 1 aromatic heterocycles.